The Morgan fingerprint density at radius 3 is 2.01 bits per heavy atom. The summed E-state index contributed by atoms with van der Waals surface area (Å²) in [5.74, 6) is 2.22. The number of carbonyl (C=O) groups is 3. The minimum atomic E-state index is -0.862. The number of methoxy groups -OCH3 is 1. The van der Waals surface area contributed by atoms with E-state index >= 15 is 4.39 Å². The number of fused-ring (bicyclic) bond motifs is 3. The van der Waals surface area contributed by atoms with Crippen molar-refractivity contribution < 1.29 is 41.8 Å². The van der Waals surface area contributed by atoms with Crippen LogP contribution in [0.25, 0.3) is 32.9 Å². The van der Waals surface area contributed by atoms with Crippen LogP contribution in [0.4, 0.5) is 19.0 Å². The van der Waals surface area contributed by atoms with Crippen molar-refractivity contribution in [1.29, 1.82) is 0 Å². The Morgan fingerprint density at radius 1 is 0.884 bits per heavy atom. The van der Waals surface area contributed by atoms with Crippen LogP contribution in [-0.2, 0) is 23.9 Å². The van der Waals surface area contributed by atoms with E-state index in [2.05, 4.69) is 60.4 Å². The molecule has 0 bridgehead atoms. The number of aromatic amines is 1. The number of pyridine rings is 1. The van der Waals surface area contributed by atoms with Crippen molar-refractivity contribution in [1.82, 2.24) is 19.9 Å². The number of carbonyl (C=O) groups excluding carboxylic acids is 3. The van der Waals surface area contributed by atoms with Crippen LogP contribution in [0.15, 0.2) is 35.3 Å². The molecule has 5 heterocycles. The van der Waals surface area contributed by atoms with Gasteiger partial charge in [-0.3, -0.25) is 19.5 Å². The van der Waals surface area contributed by atoms with E-state index in [-0.39, 0.29) is 75.3 Å². The Labute approximate surface area is 513 Å². The Hall–Kier alpha value is -5.37. The molecule has 3 unspecified atom stereocenters. The highest BCUT2D eigenvalue weighted by molar-refractivity contribution is 6.03. The summed E-state index contributed by atoms with van der Waals surface area (Å²) in [7, 11) is 1.69. The van der Waals surface area contributed by atoms with Crippen molar-refractivity contribution in [3.8, 4) is 29.4 Å². The number of nitrogens with one attached hydrogen (secondary N) is 1. The number of alkyl halides is 1. The number of ether oxygens (including phenoxy) is 3. The van der Waals surface area contributed by atoms with Gasteiger partial charge in [-0.05, 0) is 101 Å². The van der Waals surface area contributed by atoms with Crippen LogP contribution in [0, 0.1) is 35.8 Å². The summed E-state index contributed by atoms with van der Waals surface area (Å²) in [6.45, 7) is 18.2. The van der Waals surface area contributed by atoms with E-state index in [1.807, 2.05) is 11.8 Å². The normalized spacial score (nSPS) is 18.5. The van der Waals surface area contributed by atoms with E-state index in [1.165, 1.54) is 165 Å². The molecule has 3 saturated heterocycles. The fourth-order valence-electron chi connectivity index (χ4n) is 12.3. The van der Waals surface area contributed by atoms with Crippen LogP contribution >= 0.6 is 0 Å². The van der Waals surface area contributed by atoms with Gasteiger partial charge in [0.05, 0.1) is 22.6 Å². The third kappa shape index (κ3) is 25.4. The number of benzene rings is 2. The van der Waals surface area contributed by atoms with Gasteiger partial charge < -0.3 is 34.6 Å². The zero-order valence-corrected chi connectivity index (χ0v) is 53.8. The first-order valence-corrected chi connectivity index (χ1v) is 32.9. The number of halogens is 3. The van der Waals surface area contributed by atoms with Crippen LogP contribution in [0.2, 0.25) is 0 Å². The second-order valence-corrected chi connectivity index (χ2v) is 25.2. The molecule has 0 aliphatic carbocycles. The van der Waals surface area contributed by atoms with Crippen LogP contribution in [0.5, 0.6) is 5.75 Å². The lowest BCUT2D eigenvalue weighted by Gasteiger charge is -2.35. The lowest BCUT2D eigenvalue weighted by atomic mass is 9.95. The number of esters is 1. The van der Waals surface area contributed by atoms with Gasteiger partial charge in [0.2, 0.25) is 0 Å². The first kappa shape index (κ1) is 73.1. The molecular weight excluding hydrogens is 1090 g/mol. The molecule has 0 radical (unpaired) electrons. The number of piperidine rings is 1. The monoisotopic (exact) mass is 1200 g/mol. The SMILES string of the molecule is C#Cc1c(F)ccc2cc(OC=O)cc(-c3ncc4c(N5CC(C)CC(N)C5)nc(=O)[nH]c4c3F)c12.CCCCCCCCCCCCCC(=O)OCC(CC(C)C)OC.CCCCCCCCCCCCCC(C)=O.C[C@@]12CCCN1C[C@H](F)C2. The molecule has 480 valence electrons. The predicted molar refractivity (Wildman–Crippen MR) is 344 cm³/mol. The number of aromatic nitrogens is 3. The van der Waals surface area contributed by atoms with E-state index in [0.717, 1.165) is 51.5 Å². The number of nitrogens with zero attached hydrogens (tertiary/aromatic N) is 4. The smallest absolute Gasteiger partial charge is 0.347 e. The van der Waals surface area contributed by atoms with E-state index < -0.39 is 23.5 Å². The summed E-state index contributed by atoms with van der Waals surface area (Å²) in [5.41, 5.74) is 5.35. The van der Waals surface area contributed by atoms with E-state index in [1.54, 1.807) is 14.0 Å². The van der Waals surface area contributed by atoms with Gasteiger partial charge in [0.15, 0.2) is 5.82 Å². The van der Waals surface area contributed by atoms with E-state index in [4.69, 9.17) is 26.4 Å². The van der Waals surface area contributed by atoms with Gasteiger partial charge in [0.1, 0.15) is 41.6 Å². The highest BCUT2D eigenvalue weighted by Crippen LogP contribution is 2.40. The Balaban J connectivity index is 0.000000272. The standard InChI is InChI=1S/C26H21F2N5O3.C21H42O3.C15H30O.C8H14FN/c1-3-17-20(27)5-4-14-7-16(36-12-34)8-18(21(14)17)23-22(28)24-19(9-30-23)25(32-26(35)31-24)33-10-13(2)6-15(29)11-33;1-5-6-7-8-9-10-11-12-13-14-15-16-21(22)24-18-20(23-4)17-19(2)3;1-3-4-5-6-7-8-9-10-11-12-13-14-15(2)16;1-8-3-2-4-10(8)6-7(9)5-8/h1,4-5,7-9,12-13,15H,6,10-11,29H2,2H3,(H,31,32,35);19-20H,5-18H2,1-4H3;3-14H2,1-2H3;7H,2-6H2,1H3/t;;;7-,8+/m...1/s1. The zero-order valence-electron chi connectivity index (χ0n) is 53.8. The summed E-state index contributed by atoms with van der Waals surface area (Å²) in [4.78, 5) is 60.9. The Kier molecular flexibility index (Phi) is 34.2. The molecule has 16 heteroatoms. The molecule has 0 saturated carbocycles. The maximum absolute atomic E-state index is 16.1. The van der Waals surface area contributed by atoms with Crippen molar-refractivity contribution in [2.24, 2.45) is 17.6 Å². The van der Waals surface area contributed by atoms with Crippen LogP contribution in [0.1, 0.15) is 240 Å². The molecular formula is C70H107F3N6O7. The number of terminal acetylenes is 1. The number of nitrogens with two attached hydrogens (primary N) is 1. The van der Waals surface area contributed by atoms with Crippen molar-refractivity contribution in [2.75, 3.05) is 44.8 Å². The van der Waals surface area contributed by atoms with Crippen molar-refractivity contribution >= 4 is 45.7 Å². The number of rotatable bonds is 33. The summed E-state index contributed by atoms with van der Waals surface area (Å²) in [5, 5.41) is 0.930. The van der Waals surface area contributed by atoms with Gasteiger partial charge in [-0.1, -0.05) is 175 Å². The van der Waals surface area contributed by atoms with Gasteiger partial charge in [0, 0.05) is 68.3 Å². The number of Topliss-reactive ketones (excluding diaryl/α,β-unsaturated/α-hetero) is 1. The van der Waals surface area contributed by atoms with Crippen LogP contribution in [-0.4, -0.2) is 102 Å². The topological polar surface area (TPSA) is 170 Å². The lowest BCUT2D eigenvalue weighted by Crippen LogP contribution is -2.47. The van der Waals surface area contributed by atoms with E-state index in [9.17, 15) is 28.0 Å². The fraction of sp³-hybridized carbons (Fsp3) is 0.686. The number of anilines is 1. The number of hydrogen-bond donors (Lipinski definition) is 2. The molecule has 3 aliphatic rings. The molecule has 86 heavy (non-hydrogen) atoms. The summed E-state index contributed by atoms with van der Waals surface area (Å²) >= 11 is 0. The molecule has 2 aromatic carbocycles. The average Bonchev–Trinajstić information content (AvgIpc) is 2.05. The highest BCUT2D eigenvalue weighted by Gasteiger charge is 2.44. The highest BCUT2D eigenvalue weighted by atomic mass is 19.1. The second kappa shape index (κ2) is 40.2. The Bertz CT molecular complexity index is 2740. The molecule has 3 aliphatic heterocycles. The molecule has 4 aromatic rings. The number of ketones is 1. The number of unbranched alkanes of at least 4 members (excludes halogenated alkanes) is 20. The van der Waals surface area contributed by atoms with Crippen molar-refractivity contribution in [3.63, 3.8) is 0 Å². The van der Waals surface area contributed by atoms with Crippen LogP contribution in [0.3, 0.4) is 0 Å². The van der Waals surface area contributed by atoms with Gasteiger partial charge in [0.25, 0.3) is 6.47 Å². The quantitative estimate of drug-likeness (QED) is 0.0201. The largest absolute Gasteiger partial charge is 0.463 e. The maximum Gasteiger partial charge on any atom is 0.347 e. The third-order valence-electron chi connectivity index (χ3n) is 16.9. The summed E-state index contributed by atoms with van der Waals surface area (Å²) in [6.07, 6.45) is 41.9. The molecule has 3 fully saturated rings. The van der Waals surface area contributed by atoms with Gasteiger partial charge in [-0.2, -0.15) is 4.98 Å². The summed E-state index contributed by atoms with van der Waals surface area (Å²) in [6, 6.07) is 5.33. The minimum Gasteiger partial charge on any atom is -0.463 e. The molecule has 2 aromatic heterocycles. The third-order valence-corrected chi connectivity index (χ3v) is 16.9. The van der Waals surface area contributed by atoms with Crippen molar-refractivity contribution in [2.45, 2.75) is 259 Å². The fourth-order valence-corrected chi connectivity index (χ4v) is 12.3. The van der Waals surface area contributed by atoms with Gasteiger partial charge in [-0.15, -0.1) is 6.42 Å². The molecule has 13 nitrogen and oxygen atoms in total. The van der Waals surface area contributed by atoms with Crippen molar-refractivity contribution in [3.05, 3.63) is 58.1 Å². The second-order valence-electron chi connectivity index (χ2n) is 25.2. The average molecular weight is 1200 g/mol. The predicted octanol–water partition coefficient (Wildman–Crippen LogP) is 16.3. The van der Waals surface area contributed by atoms with Gasteiger partial charge >= 0.3 is 11.7 Å². The molecule has 0 amide bonds. The molecule has 0 spiro atoms. The number of H-pyrrole nitrogens is 1. The lowest BCUT2D eigenvalue weighted by molar-refractivity contribution is -0.147. The first-order valence-electron chi connectivity index (χ1n) is 32.9. The maximum atomic E-state index is 16.1. The van der Waals surface area contributed by atoms with Gasteiger partial charge in [-0.25, -0.2) is 18.0 Å². The zero-order chi connectivity index (χ0) is 62.9. The molecule has 3 N–H and O–H groups in total. The van der Waals surface area contributed by atoms with Crippen LogP contribution < -0.4 is 21.1 Å². The Morgan fingerprint density at radius 2 is 1.48 bits per heavy atom. The number of hydrogen-bond acceptors (Lipinski definition) is 12. The molecule has 7 rings (SSSR count). The minimum absolute atomic E-state index is 0.0336. The van der Waals surface area contributed by atoms with E-state index in [0.29, 0.717) is 55.1 Å². The molecule has 5 atom stereocenters. The first-order chi connectivity index (χ1) is 41.4. The summed E-state index contributed by atoms with van der Waals surface area (Å²) < 4.78 is 59.1.